The van der Waals surface area contributed by atoms with E-state index in [4.69, 9.17) is 4.74 Å². The molecule has 0 aromatic rings. The minimum absolute atomic E-state index is 0.0193. The van der Waals surface area contributed by atoms with Gasteiger partial charge in [0.15, 0.2) is 0 Å². The van der Waals surface area contributed by atoms with Gasteiger partial charge in [-0.05, 0) is 26.8 Å². The van der Waals surface area contributed by atoms with Crippen molar-refractivity contribution in [1.82, 2.24) is 15.1 Å². The largest absolute Gasteiger partial charge is 0.379 e. The van der Waals surface area contributed by atoms with Crippen LogP contribution in [0.5, 0.6) is 0 Å². The molecule has 2 unspecified atom stereocenters. The van der Waals surface area contributed by atoms with Crippen molar-refractivity contribution in [3.63, 3.8) is 0 Å². The molecule has 0 aromatic carbocycles. The van der Waals surface area contributed by atoms with Gasteiger partial charge >= 0.3 is 0 Å². The third-order valence-corrected chi connectivity index (χ3v) is 3.98. The van der Waals surface area contributed by atoms with Gasteiger partial charge < -0.3 is 15.0 Å². The second kappa shape index (κ2) is 6.50. The maximum atomic E-state index is 12.3. The number of hydrogen-bond donors (Lipinski definition) is 1. The number of carbonyl (C=O) groups is 1. The number of nitrogens with one attached hydrogen (secondary N) is 1. The molecule has 2 rings (SSSR count). The molecule has 2 saturated heterocycles. The zero-order valence-electron chi connectivity index (χ0n) is 11.5. The lowest BCUT2D eigenvalue weighted by molar-refractivity contribution is -0.138. The van der Waals surface area contributed by atoms with Crippen LogP contribution in [-0.2, 0) is 9.53 Å². The summed E-state index contributed by atoms with van der Waals surface area (Å²) in [4.78, 5) is 16.7. The van der Waals surface area contributed by atoms with Gasteiger partial charge in [0, 0.05) is 32.2 Å². The van der Waals surface area contributed by atoms with Crippen LogP contribution in [0.15, 0.2) is 0 Å². The van der Waals surface area contributed by atoms with Crippen molar-refractivity contribution in [2.45, 2.75) is 31.8 Å². The van der Waals surface area contributed by atoms with Gasteiger partial charge in [-0.1, -0.05) is 0 Å². The lowest BCUT2D eigenvalue weighted by Crippen LogP contribution is -2.55. The van der Waals surface area contributed by atoms with Gasteiger partial charge in [0.25, 0.3) is 0 Å². The Morgan fingerprint density at radius 2 is 2.11 bits per heavy atom. The molecule has 2 aliphatic heterocycles. The maximum Gasteiger partial charge on any atom is 0.239 e. The Balaban J connectivity index is 1.86. The van der Waals surface area contributed by atoms with E-state index in [9.17, 15) is 4.79 Å². The van der Waals surface area contributed by atoms with Gasteiger partial charge in [0.2, 0.25) is 5.91 Å². The molecule has 0 spiro atoms. The van der Waals surface area contributed by atoms with Crippen molar-refractivity contribution in [3.05, 3.63) is 0 Å². The van der Waals surface area contributed by atoms with E-state index in [2.05, 4.69) is 17.1 Å². The monoisotopic (exact) mass is 255 g/mol. The molecule has 2 aliphatic rings. The third-order valence-electron chi connectivity index (χ3n) is 3.98. The highest BCUT2D eigenvalue weighted by molar-refractivity contribution is 5.82. The van der Waals surface area contributed by atoms with Gasteiger partial charge in [0.05, 0.1) is 19.3 Å². The average Bonchev–Trinajstić information content (AvgIpc) is 2.40. The normalized spacial score (nSPS) is 28.4. The van der Waals surface area contributed by atoms with Crippen LogP contribution in [0.3, 0.4) is 0 Å². The topological polar surface area (TPSA) is 44.8 Å². The highest BCUT2D eigenvalue weighted by atomic mass is 16.5. The van der Waals surface area contributed by atoms with E-state index in [0.717, 1.165) is 52.2 Å². The van der Waals surface area contributed by atoms with E-state index < -0.39 is 0 Å². The lowest BCUT2D eigenvalue weighted by Gasteiger charge is -2.39. The van der Waals surface area contributed by atoms with Gasteiger partial charge in [-0.2, -0.15) is 0 Å². The molecule has 18 heavy (non-hydrogen) atoms. The standard InChI is InChI=1S/C13H25N3O2/c1-11(10-15-6-8-18-9-7-15)16-5-3-4-12(14-2)13(16)17/h11-12,14H,3-10H2,1-2H3. The van der Waals surface area contributed by atoms with Gasteiger partial charge in [-0.25, -0.2) is 0 Å². The van der Waals surface area contributed by atoms with Crippen molar-refractivity contribution >= 4 is 5.91 Å². The fourth-order valence-corrected chi connectivity index (χ4v) is 2.86. The van der Waals surface area contributed by atoms with Crippen LogP contribution in [-0.4, -0.2) is 74.2 Å². The van der Waals surface area contributed by atoms with E-state index in [1.54, 1.807) is 0 Å². The smallest absolute Gasteiger partial charge is 0.239 e. The third kappa shape index (κ3) is 3.22. The van der Waals surface area contributed by atoms with Crippen LogP contribution in [0.25, 0.3) is 0 Å². The molecule has 0 saturated carbocycles. The zero-order valence-corrected chi connectivity index (χ0v) is 11.5. The number of ether oxygens (including phenoxy) is 1. The highest BCUT2D eigenvalue weighted by Crippen LogP contribution is 2.15. The lowest BCUT2D eigenvalue weighted by atomic mass is 10.0. The molecule has 2 atom stereocenters. The minimum Gasteiger partial charge on any atom is -0.379 e. The molecular weight excluding hydrogens is 230 g/mol. The fourth-order valence-electron chi connectivity index (χ4n) is 2.86. The molecule has 2 heterocycles. The number of nitrogens with zero attached hydrogens (tertiary/aromatic N) is 2. The Morgan fingerprint density at radius 3 is 2.78 bits per heavy atom. The second-order valence-electron chi connectivity index (χ2n) is 5.28. The van der Waals surface area contributed by atoms with Crippen LogP contribution >= 0.6 is 0 Å². The summed E-state index contributed by atoms with van der Waals surface area (Å²) in [6.07, 6.45) is 2.07. The van der Waals surface area contributed by atoms with Crippen LogP contribution < -0.4 is 5.32 Å². The molecule has 0 bridgehead atoms. The number of hydrogen-bond acceptors (Lipinski definition) is 4. The zero-order chi connectivity index (χ0) is 13.0. The molecular formula is C13H25N3O2. The fraction of sp³-hybridized carbons (Fsp3) is 0.923. The Kier molecular flexibility index (Phi) is 4.97. The van der Waals surface area contributed by atoms with Crippen molar-refractivity contribution in [2.24, 2.45) is 0 Å². The van der Waals surface area contributed by atoms with E-state index in [-0.39, 0.29) is 11.9 Å². The number of piperidine rings is 1. The second-order valence-corrected chi connectivity index (χ2v) is 5.28. The van der Waals surface area contributed by atoms with E-state index in [1.165, 1.54) is 0 Å². The summed E-state index contributed by atoms with van der Waals surface area (Å²) >= 11 is 0. The number of carbonyl (C=O) groups excluding carboxylic acids is 1. The first-order chi connectivity index (χ1) is 8.72. The van der Waals surface area contributed by atoms with Crippen LogP contribution in [0.4, 0.5) is 0 Å². The molecule has 5 heteroatoms. The predicted molar refractivity (Wildman–Crippen MR) is 70.5 cm³/mol. The summed E-state index contributed by atoms with van der Waals surface area (Å²) in [5.74, 6) is 0.268. The minimum atomic E-state index is 0.0193. The number of morpholine rings is 1. The molecule has 2 fully saturated rings. The molecule has 0 radical (unpaired) electrons. The highest BCUT2D eigenvalue weighted by Gasteiger charge is 2.31. The van der Waals surface area contributed by atoms with E-state index >= 15 is 0 Å². The van der Waals surface area contributed by atoms with E-state index in [1.807, 2.05) is 11.9 Å². The summed E-state index contributed by atoms with van der Waals surface area (Å²) < 4.78 is 5.35. The Bertz CT molecular complexity index is 279. The molecule has 0 aromatic heterocycles. The Hall–Kier alpha value is -0.650. The number of amides is 1. The molecule has 0 aliphatic carbocycles. The maximum absolute atomic E-state index is 12.3. The quantitative estimate of drug-likeness (QED) is 0.763. The SMILES string of the molecule is CNC1CCCN(C(C)CN2CCOCC2)C1=O. The van der Waals surface area contributed by atoms with Crippen LogP contribution in [0.2, 0.25) is 0 Å². The number of likely N-dealkylation sites (N-methyl/N-ethyl adjacent to an activating group) is 1. The number of likely N-dealkylation sites (tertiary alicyclic amines) is 1. The summed E-state index contributed by atoms with van der Waals surface area (Å²) in [7, 11) is 1.87. The summed E-state index contributed by atoms with van der Waals surface area (Å²) in [6, 6.07) is 0.317. The van der Waals surface area contributed by atoms with Crippen molar-refractivity contribution < 1.29 is 9.53 Å². The molecule has 1 N–H and O–H groups in total. The Labute approximate surface area is 109 Å². The first-order valence-corrected chi connectivity index (χ1v) is 7.00. The number of rotatable bonds is 4. The van der Waals surface area contributed by atoms with Gasteiger partial charge in [-0.3, -0.25) is 9.69 Å². The Morgan fingerprint density at radius 1 is 1.39 bits per heavy atom. The van der Waals surface area contributed by atoms with Crippen molar-refractivity contribution in [3.8, 4) is 0 Å². The predicted octanol–water partition coefficient (Wildman–Crippen LogP) is -0.0825. The van der Waals surface area contributed by atoms with Crippen molar-refractivity contribution in [1.29, 1.82) is 0 Å². The van der Waals surface area contributed by atoms with Crippen molar-refractivity contribution in [2.75, 3.05) is 46.4 Å². The van der Waals surface area contributed by atoms with E-state index in [0.29, 0.717) is 6.04 Å². The molecule has 1 amide bonds. The van der Waals surface area contributed by atoms with Gasteiger partial charge in [0.1, 0.15) is 0 Å². The summed E-state index contributed by atoms with van der Waals surface area (Å²) in [6.45, 7) is 7.64. The average molecular weight is 255 g/mol. The van der Waals surface area contributed by atoms with Gasteiger partial charge in [-0.15, -0.1) is 0 Å². The first kappa shape index (κ1) is 13.8. The van der Waals surface area contributed by atoms with Crippen LogP contribution in [0, 0.1) is 0 Å². The summed E-state index contributed by atoms with van der Waals surface area (Å²) in [5.41, 5.74) is 0. The van der Waals surface area contributed by atoms with Crippen LogP contribution in [0.1, 0.15) is 19.8 Å². The first-order valence-electron chi connectivity index (χ1n) is 7.00. The molecule has 5 nitrogen and oxygen atoms in total. The summed E-state index contributed by atoms with van der Waals surface area (Å²) in [5, 5.41) is 3.12. The molecule has 104 valence electrons.